The third-order valence-corrected chi connectivity index (χ3v) is 3.67. The minimum atomic E-state index is 0.432. The van der Waals surface area contributed by atoms with Crippen molar-refractivity contribution in [2.24, 2.45) is 0 Å². The number of aromatic hydroxyl groups is 1. The van der Waals surface area contributed by atoms with Crippen LogP contribution >= 0.6 is 0 Å². The predicted octanol–water partition coefficient (Wildman–Crippen LogP) is 4.39. The van der Waals surface area contributed by atoms with Crippen molar-refractivity contribution in [2.45, 2.75) is 26.7 Å². The van der Waals surface area contributed by atoms with Gasteiger partial charge >= 0.3 is 0 Å². The molecule has 0 aliphatic heterocycles. The molecule has 106 valence electrons. The maximum absolute atomic E-state index is 10.6. The van der Waals surface area contributed by atoms with E-state index in [0.29, 0.717) is 5.75 Å². The Morgan fingerprint density at radius 3 is 2.30 bits per heavy atom. The molecule has 0 unspecified atom stereocenters. The number of benzene rings is 2. The fraction of sp³-hybridized carbons (Fsp3) is 0.333. The van der Waals surface area contributed by atoms with Gasteiger partial charge < -0.3 is 10.0 Å². The van der Waals surface area contributed by atoms with E-state index in [9.17, 15) is 5.11 Å². The van der Waals surface area contributed by atoms with Crippen LogP contribution in [0.1, 0.15) is 24.5 Å². The van der Waals surface area contributed by atoms with Crippen LogP contribution in [0.3, 0.4) is 0 Å². The molecule has 0 saturated heterocycles. The summed E-state index contributed by atoms with van der Waals surface area (Å²) in [5, 5.41) is 10.6. The zero-order valence-electron chi connectivity index (χ0n) is 12.8. The lowest BCUT2D eigenvalue weighted by atomic mass is 9.93. The van der Waals surface area contributed by atoms with Crippen LogP contribution in [0.5, 0.6) is 5.75 Å². The van der Waals surface area contributed by atoms with Gasteiger partial charge in [0.2, 0.25) is 0 Å². The second-order valence-electron chi connectivity index (χ2n) is 5.41. The van der Waals surface area contributed by atoms with E-state index in [1.54, 1.807) is 0 Å². The van der Waals surface area contributed by atoms with Crippen molar-refractivity contribution in [3.05, 3.63) is 47.5 Å². The highest BCUT2D eigenvalue weighted by atomic mass is 16.3. The summed E-state index contributed by atoms with van der Waals surface area (Å²) in [6.07, 6.45) is 1.92. The van der Waals surface area contributed by atoms with Crippen LogP contribution in [0.2, 0.25) is 0 Å². The normalized spacial score (nSPS) is 10.6. The van der Waals surface area contributed by atoms with Gasteiger partial charge in [0, 0.05) is 25.3 Å². The SMILES string of the molecule is CCCc1cc(N(C)C)c(C)c(-c2ccccc2)c1O. The van der Waals surface area contributed by atoms with E-state index in [1.807, 2.05) is 32.3 Å². The molecule has 0 aliphatic rings. The average Bonchev–Trinajstić information content (AvgIpc) is 2.43. The smallest absolute Gasteiger partial charge is 0.127 e. The molecule has 0 aromatic heterocycles. The van der Waals surface area contributed by atoms with E-state index in [4.69, 9.17) is 0 Å². The zero-order chi connectivity index (χ0) is 14.7. The van der Waals surface area contributed by atoms with Gasteiger partial charge in [0.15, 0.2) is 0 Å². The van der Waals surface area contributed by atoms with Gasteiger partial charge in [0.25, 0.3) is 0 Å². The molecule has 0 heterocycles. The first kappa shape index (κ1) is 14.4. The summed E-state index contributed by atoms with van der Waals surface area (Å²) in [5.74, 6) is 0.432. The molecule has 2 rings (SSSR count). The largest absolute Gasteiger partial charge is 0.507 e. The second kappa shape index (κ2) is 6.00. The minimum absolute atomic E-state index is 0.432. The first-order valence-electron chi connectivity index (χ1n) is 7.14. The molecule has 0 radical (unpaired) electrons. The average molecular weight is 269 g/mol. The maximum Gasteiger partial charge on any atom is 0.127 e. The van der Waals surface area contributed by atoms with Crippen LogP contribution < -0.4 is 4.90 Å². The van der Waals surface area contributed by atoms with Crippen LogP contribution in [0.15, 0.2) is 36.4 Å². The molecular weight excluding hydrogens is 246 g/mol. The lowest BCUT2D eigenvalue weighted by Crippen LogP contribution is -2.11. The summed E-state index contributed by atoms with van der Waals surface area (Å²) in [6, 6.07) is 12.2. The van der Waals surface area contributed by atoms with Crippen molar-refractivity contribution in [1.82, 2.24) is 0 Å². The lowest BCUT2D eigenvalue weighted by Gasteiger charge is -2.22. The highest BCUT2D eigenvalue weighted by Crippen LogP contribution is 2.40. The first-order chi connectivity index (χ1) is 9.56. The summed E-state index contributed by atoms with van der Waals surface area (Å²) in [4.78, 5) is 2.11. The number of hydrogen-bond donors (Lipinski definition) is 1. The molecule has 0 spiro atoms. The van der Waals surface area contributed by atoms with Crippen LogP contribution in [0, 0.1) is 6.92 Å². The molecule has 2 nitrogen and oxygen atoms in total. The zero-order valence-corrected chi connectivity index (χ0v) is 12.8. The molecule has 2 heteroatoms. The van der Waals surface area contributed by atoms with Crippen molar-refractivity contribution in [1.29, 1.82) is 0 Å². The number of nitrogens with zero attached hydrogens (tertiary/aromatic N) is 1. The highest BCUT2D eigenvalue weighted by Gasteiger charge is 2.16. The van der Waals surface area contributed by atoms with Gasteiger partial charge in [-0.3, -0.25) is 0 Å². The Morgan fingerprint density at radius 1 is 1.10 bits per heavy atom. The fourth-order valence-electron chi connectivity index (χ4n) is 2.69. The van der Waals surface area contributed by atoms with Crippen molar-refractivity contribution in [3.8, 4) is 16.9 Å². The van der Waals surface area contributed by atoms with Gasteiger partial charge in [-0.2, -0.15) is 0 Å². The fourth-order valence-corrected chi connectivity index (χ4v) is 2.69. The lowest BCUT2D eigenvalue weighted by molar-refractivity contribution is 0.469. The van der Waals surface area contributed by atoms with Gasteiger partial charge in [-0.1, -0.05) is 43.7 Å². The third-order valence-electron chi connectivity index (χ3n) is 3.67. The van der Waals surface area contributed by atoms with Crippen molar-refractivity contribution >= 4 is 5.69 Å². The Balaban J connectivity index is 2.71. The topological polar surface area (TPSA) is 23.5 Å². The van der Waals surface area contributed by atoms with Crippen LogP contribution in [0.25, 0.3) is 11.1 Å². The monoisotopic (exact) mass is 269 g/mol. The summed E-state index contributed by atoms with van der Waals surface area (Å²) in [5.41, 5.74) is 5.35. The Hall–Kier alpha value is -1.96. The molecule has 0 saturated carbocycles. The predicted molar refractivity (Wildman–Crippen MR) is 86.6 cm³/mol. The van der Waals surface area contributed by atoms with Gasteiger partial charge in [-0.25, -0.2) is 0 Å². The van der Waals surface area contributed by atoms with E-state index >= 15 is 0 Å². The van der Waals surface area contributed by atoms with Crippen LogP contribution in [-0.2, 0) is 6.42 Å². The first-order valence-corrected chi connectivity index (χ1v) is 7.14. The number of hydrogen-bond acceptors (Lipinski definition) is 2. The molecular formula is C18H23NO. The number of rotatable bonds is 4. The molecule has 1 N–H and O–H groups in total. The maximum atomic E-state index is 10.6. The Morgan fingerprint density at radius 2 is 1.75 bits per heavy atom. The van der Waals surface area contributed by atoms with E-state index in [2.05, 4.69) is 36.9 Å². The standard InChI is InChI=1S/C18H23NO/c1-5-9-15-12-16(19(3)4)13(2)17(18(15)20)14-10-7-6-8-11-14/h6-8,10-12,20H,5,9H2,1-4H3. The van der Waals surface area contributed by atoms with Gasteiger partial charge in [-0.15, -0.1) is 0 Å². The van der Waals surface area contributed by atoms with E-state index in [0.717, 1.165) is 35.1 Å². The summed E-state index contributed by atoms with van der Waals surface area (Å²) >= 11 is 0. The van der Waals surface area contributed by atoms with Crippen LogP contribution in [0.4, 0.5) is 5.69 Å². The summed E-state index contributed by atoms with van der Waals surface area (Å²) < 4.78 is 0. The Bertz CT molecular complexity index is 588. The number of phenolic OH excluding ortho intramolecular Hbond substituents is 1. The van der Waals surface area contributed by atoms with E-state index < -0.39 is 0 Å². The molecule has 0 amide bonds. The van der Waals surface area contributed by atoms with Crippen molar-refractivity contribution in [3.63, 3.8) is 0 Å². The highest BCUT2D eigenvalue weighted by molar-refractivity contribution is 5.81. The summed E-state index contributed by atoms with van der Waals surface area (Å²) in [7, 11) is 4.09. The third kappa shape index (κ3) is 2.64. The van der Waals surface area contributed by atoms with E-state index in [1.165, 1.54) is 5.69 Å². The Labute approximate surface area is 121 Å². The molecule has 0 bridgehead atoms. The van der Waals surface area contributed by atoms with Gasteiger partial charge in [0.1, 0.15) is 5.75 Å². The van der Waals surface area contributed by atoms with Gasteiger partial charge in [-0.05, 0) is 36.1 Å². The number of aryl methyl sites for hydroxylation is 1. The summed E-state index contributed by atoms with van der Waals surface area (Å²) in [6.45, 7) is 4.21. The minimum Gasteiger partial charge on any atom is -0.507 e. The number of anilines is 1. The second-order valence-corrected chi connectivity index (χ2v) is 5.41. The van der Waals surface area contributed by atoms with Crippen molar-refractivity contribution in [2.75, 3.05) is 19.0 Å². The molecule has 0 fully saturated rings. The van der Waals surface area contributed by atoms with Crippen molar-refractivity contribution < 1.29 is 5.11 Å². The van der Waals surface area contributed by atoms with Gasteiger partial charge in [0.05, 0.1) is 0 Å². The quantitative estimate of drug-likeness (QED) is 0.890. The molecule has 2 aromatic rings. The Kier molecular flexibility index (Phi) is 4.33. The molecule has 2 aromatic carbocycles. The molecule has 0 atom stereocenters. The number of phenols is 1. The van der Waals surface area contributed by atoms with Crippen LogP contribution in [-0.4, -0.2) is 19.2 Å². The van der Waals surface area contributed by atoms with E-state index in [-0.39, 0.29) is 0 Å². The molecule has 0 aliphatic carbocycles. The molecule has 20 heavy (non-hydrogen) atoms.